The molecule has 0 bridgehead atoms. The highest BCUT2D eigenvalue weighted by atomic mass is 16.6. The van der Waals surface area contributed by atoms with Gasteiger partial charge in [-0.05, 0) is 50.6 Å². The van der Waals surface area contributed by atoms with Gasteiger partial charge in [0.05, 0.1) is 18.6 Å². The summed E-state index contributed by atoms with van der Waals surface area (Å²) in [4.78, 5) is 35.4. The highest BCUT2D eigenvalue weighted by molar-refractivity contribution is 5.89. The molecule has 0 saturated carbocycles. The summed E-state index contributed by atoms with van der Waals surface area (Å²) in [5, 5.41) is 0. The molecule has 9 nitrogen and oxygen atoms in total. The van der Waals surface area contributed by atoms with Crippen molar-refractivity contribution in [3.05, 3.63) is 78.9 Å². The molecule has 9 heteroatoms. The Labute approximate surface area is 234 Å². The zero-order valence-electron chi connectivity index (χ0n) is 23.1. The van der Waals surface area contributed by atoms with Crippen LogP contribution in [-0.2, 0) is 28.6 Å². The molecule has 0 atom stereocenters. The SMILES string of the molecule is C=C(C)C(=O)OCCOc1cc(OCC2(COC(=O)C(=C)C)COC2)ccc1-c1ccc(OC(=O)C(=C)C)cc1. The first-order chi connectivity index (χ1) is 19.0. The topological polar surface area (TPSA) is 107 Å². The summed E-state index contributed by atoms with van der Waals surface area (Å²) in [7, 11) is 0. The van der Waals surface area contributed by atoms with E-state index in [0.29, 0.717) is 47.2 Å². The van der Waals surface area contributed by atoms with E-state index in [1.807, 2.05) is 6.07 Å². The van der Waals surface area contributed by atoms with Crippen LogP contribution in [0.25, 0.3) is 11.1 Å². The number of carbonyl (C=O) groups excluding carboxylic acids is 3. The van der Waals surface area contributed by atoms with Gasteiger partial charge in [-0.2, -0.15) is 0 Å². The Bertz CT molecular complexity index is 1290. The van der Waals surface area contributed by atoms with Gasteiger partial charge in [-0.3, -0.25) is 0 Å². The van der Waals surface area contributed by atoms with E-state index in [9.17, 15) is 14.4 Å². The van der Waals surface area contributed by atoms with Crippen molar-refractivity contribution in [1.29, 1.82) is 0 Å². The van der Waals surface area contributed by atoms with Crippen LogP contribution in [0.4, 0.5) is 0 Å². The van der Waals surface area contributed by atoms with Crippen molar-refractivity contribution in [3.63, 3.8) is 0 Å². The van der Waals surface area contributed by atoms with Gasteiger partial charge in [-0.1, -0.05) is 31.9 Å². The Hall–Kier alpha value is -4.37. The lowest BCUT2D eigenvalue weighted by molar-refractivity contribution is -0.174. The molecule has 0 N–H and O–H groups in total. The molecule has 1 aliphatic rings. The summed E-state index contributed by atoms with van der Waals surface area (Å²) in [6.45, 7) is 16.8. The second kappa shape index (κ2) is 13.6. The number of ether oxygens (including phenoxy) is 6. The summed E-state index contributed by atoms with van der Waals surface area (Å²) >= 11 is 0. The van der Waals surface area contributed by atoms with E-state index < -0.39 is 23.3 Å². The predicted octanol–water partition coefficient (Wildman–Crippen LogP) is 4.85. The van der Waals surface area contributed by atoms with E-state index >= 15 is 0 Å². The smallest absolute Gasteiger partial charge is 0.338 e. The maximum absolute atomic E-state index is 11.8. The van der Waals surface area contributed by atoms with Crippen molar-refractivity contribution in [2.75, 3.05) is 39.6 Å². The summed E-state index contributed by atoms with van der Waals surface area (Å²) in [5.41, 5.74) is 2.00. The fourth-order valence-corrected chi connectivity index (χ4v) is 3.43. The Balaban J connectivity index is 1.75. The third kappa shape index (κ3) is 8.31. The molecule has 0 spiro atoms. The molecule has 3 rings (SSSR count). The van der Waals surface area contributed by atoms with Gasteiger partial charge in [-0.25, -0.2) is 14.4 Å². The molecule has 2 aromatic rings. The normalized spacial score (nSPS) is 13.3. The van der Waals surface area contributed by atoms with E-state index in [1.165, 1.54) is 0 Å². The first kappa shape index (κ1) is 30.2. The van der Waals surface area contributed by atoms with Gasteiger partial charge in [-0.15, -0.1) is 0 Å². The molecule has 0 aromatic heterocycles. The maximum atomic E-state index is 11.8. The molecule has 0 amide bonds. The van der Waals surface area contributed by atoms with Crippen molar-refractivity contribution < 1.29 is 42.8 Å². The second-order valence-electron chi connectivity index (χ2n) is 9.75. The van der Waals surface area contributed by atoms with Gasteiger partial charge < -0.3 is 28.4 Å². The van der Waals surface area contributed by atoms with Crippen molar-refractivity contribution in [3.8, 4) is 28.4 Å². The molecule has 0 aliphatic carbocycles. The van der Waals surface area contributed by atoms with E-state index in [0.717, 1.165) is 11.1 Å². The summed E-state index contributed by atoms with van der Waals surface area (Å²) < 4.78 is 33.2. The monoisotopic (exact) mass is 550 g/mol. The Morgan fingerprint density at radius 3 is 1.93 bits per heavy atom. The van der Waals surface area contributed by atoms with Crippen LogP contribution in [0.3, 0.4) is 0 Å². The number of carbonyl (C=O) groups is 3. The number of benzene rings is 2. The Morgan fingerprint density at radius 2 is 1.35 bits per heavy atom. The fourth-order valence-electron chi connectivity index (χ4n) is 3.43. The second-order valence-corrected chi connectivity index (χ2v) is 9.75. The molecule has 1 fully saturated rings. The quantitative estimate of drug-likeness (QED) is 0.141. The predicted molar refractivity (Wildman–Crippen MR) is 148 cm³/mol. The zero-order chi connectivity index (χ0) is 29.3. The van der Waals surface area contributed by atoms with Gasteiger partial charge in [0.1, 0.15) is 43.7 Å². The largest absolute Gasteiger partial charge is 0.493 e. The number of esters is 3. The lowest BCUT2D eigenvalue weighted by Crippen LogP contribution is -2.51. The van der Waals surface area contributed by atoms with Crippen LogP contribution < -0.4 is 14.2 Å². The first-order valence-electron chi connectivity index (χ1n) is 12.6. The third-order valence-corrected chi connectivity index (χ3v) is 5.82. The average molecular weight is 551 g/mol. The Morgan fingerprint density at radius 1 is 0.750 bits per heavy atom. The van der Waals surface area contributed by atoms with Crippen LogP contribution in [0.2, 0.25) is 0 Å². The molecule has 1 saturated heterocycles. The van der Waals surface area contributed by atoms with Gasteiger partial charge in [0.25, 0.3) is 0 Å². The van der Waals surface area contributed by atoms with Gasteiger partial charge in [0.15, 0.2) is 0 Å². The maximum Gasteiger partial charge on any atom is 0.338 e. The number of rotatable bonds is 14. The van der Waals surface area contributed by atoms with Gasteiger partial charge in [0, 0.05) is 28.3 Å². The van der Waals surface area contributed by atoms with Crippen LogP contribution >= 0.6 is 0 Å². The first-order valence-corrected chi connectivity index (χ1v) is 12.6. The summed E-state index contributed by atoms with van der Waals surface area (Å²) in [5.74, 6) is -0.0662. The molecule has 40 heavy (non-hydrogen) atoms. The van der Waals surface area contributed by atoms with Crippen LogP contribution in [0, 0.1) is 5.41 Å². The number of hydrogen-bond acceptors (Lipinski definition) is 9. The minimum atomic E-state index is -0.508. The van der Waals surface area contributed by atoms with Gasteiger partial charge in [0.2, 0.25) is 0 Å². The average Bonchev–Trinajstić information content (AvgIpc) is 2.90. The molecule has 0 unspecified atom stereocenters. The standard InChI is InChI=1S/C31H34O9/c1-20(2)28(32)37-14-13-36-27-15-25(38-18-31(16-35-17-31)19-39-29(33)21(3)4)11-12-26(27)23-7-9-24(10-8-23)40-30(34)22(5)6/h7-12,15H,1,3,5,13-14,16-19H2,2,4,6H3. The van der Waals surface area contributed by atoms with Crippen molar-refractivity contribution in [2.24, 2.45) is 5.41 Å². The minimum Gasteiger partial charge on any atom is -0.493 e. The lowest BCUT2D eigenvalue weighted by atomic mass is 9.88. The Kier molecular flexibility index (Phi) is 10.3. The molecule has 0 radical (unpaired) electrons. The highest BCUT2D eigenvalue weighted by Crippen LogP contribution is 2.36. The van der Waals surface area contributed by atoms with E-state index in [-0.39, 0.29) is 26.4 Å². The third-order valence-electron chi connectivity index (χ3n) is 5.82. The van der Waals surface area contributed by atoms with Crippen LogP contribution in [-0.4, -0.2) is 57.5 Å². The summed E-state index contributed by atoms with van der Waals surface area (Å²) in [6, 6.07) is 12.3. The van der Waals surface area contributed by atoms with Crippen molar-refractivity contribution in [1.82, 2.24) is 0 Å². The minimum absolute atomic E-state index is 0.0283. The van der Waals surface area contributed by atoms with Crippen LogP contribution in [0.15, 0.2) is 78.9 Å². The van der Waals surface area contributed by atoms with Crippen LogP contribution in [0.1, 0.15) is 20.8 Å². The number of hydrogen-bond donors (Lipinski definition) is 0. The summed E-state index contributed by atoms with van der Waals surface area (Å²) in [6.07, 6.45) is 0. The molecule has 212 valence electrons. The van der Waals surface area contributed by atoms with E-state index in [1.54, 1.807) is 57.2 Å². The van der Waals surface area contributed by atoms with Crippen molar-refractivity contribution in [2.45, 2.75) is 20.8 Å². The molecular formula is C31H34O9. The molecule has 2 aromatic carbocycles. The fraction of sp³-hybridized carbons (Fsp3) is 0.323. The molecular weight excluding hydrogens is 516 g/mol. The highest BCUT2D eigenvalue weighted by Gasteiger charge is 2.41. The molecule has 1 heterocycles. The van der Waals surface area contributed by atoms with E-state index in [2.05, 4.69) is 19.7 Å². The van der Waals surface area contributed by atoms with Gasteiger partial charge >= 0.3 is 17.9 Å². The van der Waals surface area contributed by atoms with Crippen molar-refractivity contribution >= 4 is 17.9 Å². The molecule has 1 aliphatic heterocycles. The van der Waals surface area contributed by atoms with Crippen LogP contribution in [0.5, 0.6) is 17.2 Å². The van der Waals surface area contributed by atoms with E-state index in [4.69, 9.17) is 28.4 Å². The zero-order valence-corrected chi connectivity index (χ0v) is 23.1. The lowest BCUT2D eigenvalue weighted by Gasteiger charge is -2.40.